The van der Waals surface area contributed by atoms with Crippen molar-refractivity contribution in [1.29, 1.82) is 0 Å². The molecular weight excluding hydrogens is 299 g/mol. The molecule has 1 aromatic rings. The molecule has 0 heterocycles. The molecule has 1 amide bonds. The molecule has 0 aliphatic carbocycles. The van der Waals surface area contributed by atoms with Crippen molar-refractivity contribution in [1.82, 2.24) is 4.90 Å². The van der Waals surface area contributed by atoms with Gasteiger partial charge in [0.2, 0.25) is 5.91 Å². The number of anilines is 1. The summed E-state index contributed by atoms with van der Waals surface area (Å²) in [6.07, 6.45) is -4.53. The maximum absolute atomic E-state index is 12.9. The Balaban J connectivity index is 2.65. The van der Waals surface area contributed by atoms with Gasteiger partial charge in [0, 0.05) is 18.3 Å². The Labute approximate surface area is 117 Å². The molecule has 21 heavy (non-hydrogen) atoms. The highest BCUT2D eigenvalue weighted by Crippen LogP contribution is 2.17. The maximum atomic E-state index is 12.9. The molecule has 0 aliphatic rings. The van der Waals surface area contributed by atoms with E-state index >= 15 is 0 Å². The number of hydrogen-bond acceptors (Lipinski definition) is 3. The third-order valence-electron chi connectivity index (χ3n) is 2.33. The summed E-state index contributed by atoms with van der Waals surface area (Å²) in [5.41, 5.74) is -0.201. The number of benzene rings is 1. The normalized spacial score (nSPS) is 11.8. The lowest BCUT2D eigenvalue weighted by molar-refractivity contribution is -0.148. The van der Waals surface area contributed by atoms with E-state index in [0.29, 0.717) is 11.0 Å². The number of halogens is 5. The van der Waals surface area contributed by atoms with E-state index in [4.69, 9.17) is 5.11 Å². The first-order chi connectivity index (χ1) is 9.69. The van der Waals surface area contributed by atoms with Crippen LogP contribution in [-0.2, 0) is 4.79 Å². The van der Waals surface area contributed by atoms with Gasteiger partial charge in [-0.2, -0.15) is 13.2 Å². The van der Waals surface area contributed by atoms with Crippen molar-refractivity contribution >= 4 is 11.6 Å². The van der Waals surface area contributed by atoms with E-state index in [1.807, 2.05) is 0 Å². The van der Waals surface area contributed by atoms with Crippen molar-refractivity contribution in [2.45, 2.75) is 6.18 Å². The highest BCUT2D eigenvalue weighted by atomic mass is 19.4. The molecule has 0 aromatic heterocycles. The van der Waals surface area contributed by atoms with Crippen LogP contribution in [0.2, 0.25) is 0 Å². The molecule has 0 spiro atoms. The van der Waals surface area contributed by atoms with Gasteiger partial charge in [0.1, 0.15) is 11.6 Å². The minimum Gasteiger partial charge on any atom is -0.395 e. The monoisotopic (exact) mass is 312 g/mol. The summed E-state index contributed by atoms with van der Waals surface area (Å²) in [5, 5.41) is 10.8. The Kier molecular flexibility index (Phi) is 6.03. The molecule has 118 valence electrons. The third kappa shape index (κ3) is 7.00. The van der Waals surface area contributed by atoms with E-state index in [1.165, 1.54) is 0 Å². The number of aliphatic hydroxyl groups is 1. The van der Waals surface area contributed by atoms with Gasteiger partial charge in [-0.15, -0.1) is 0 Å². The fourth-order valence-corrected chi connectivity index (χ4v) is 1.64. The summed E-state index contributed by atoms with van der Waals surface area (Å²) >= 11 is 0. The summed E-state index contributed by atoms with van der Waals surface area (Å²) in [7, 11) is 0. The zero-order valence-corrected chi connectivity index (χ0v) is 10.8. The number of carbonyl (C=O) groups is 1. The second-order valence-corrected chi connectivity index (χ2v) is 4.26. The third-order valence-corrected chi connectivity index (χ3v) is 2.33. The molecule has 0 fully saturated rings. The first-order valence-corrected chi connectivity index (χ1v) is 5.85. The molecule has 2 N–H and O–H groups in total. The van der Waals surface area contributed by atoms with Crippen LogP contribution in [0.1, 0.15) is 0 Å². The number of rotatable bonds is 6. The molecule has 0 aliphatic heterocycles. The van der Waals surface area contributed by atoms with Crippen LogP contribution in [0.5, 0.6) is 0 Å². The average Bonchev–Trinajstić information content (AvgIpc) is 2.24. The molecule has 1 rings (SSSR count). The zero-order chi connectivity index (χ0) is 16.0. The first-order valence-electron chi connectivity index (χ1n) is 5.85. The summed E-state index contributed by atoms with van der Waals surface area (Å²) in [5.74, 6) is -2.72. The lowest BCUT2D eigenvalue weighted by Gasteiger charge is -2.22. The first kappa shape index (κ1) is 17.3. The molecule has 1 aromatic carbocycles. The molecule has 0 bridgehead atoms. The van der Waals surface area contributed by atoms with Gasteiger partial charge in [-0.3, -0.25) is 9.69 Å². The Bertz CT molecular complexity index is 473. The second-order valence-electron chi connectivity index (χ2n) is 4.26. The number of carbonyl (C=O) groups excluding carboxylic acids is 1. The Hall–Kier alpha value is -1.74. The van der Waals surface area contributed by atoms with Gasteiger partial charge < -0.3 is 10.4 Å². The topological polar surface area (TPSA) is 52.6 Å². The largest absolute Gasteiger partial charge is 0.401 e. The van der Waals surface area contributed by atoms with Crippen molar-refractivity contribution in [2.24, 2.45) is 0 Å². The maximum Gasteiger partial charge on any atom is 0.401 e. The SMILES string of the molecule is O=C(CN(CCO)CC(F)(F)F)Nc1cc(F)cc(F)c1. The number of alkyl halides is 3. The summed E-state index contributed by atoms with van der Waals surface area (Å²) < 4.78 is 62.6. The molecule has 9 heteroatoms. The standard InChI is InChI=1S/C12H13F5N2O2/c13-8-3-9(14)5-10(4-8)18-11(21)6-19(1-2-20)7-12(15,16)17/h3-5,20H,1-2,6-7H2,(H,18,21). The number of hydrogen-bond donors (Lipinski definition) is 2. The van der Waals surface area contributed by atoms with Crippen LogP contribution in [0, 0.1) is 11.6 Å². The fourth-order valence-electron chi connectivity index (χ4n) is 1.64. The van der Waals surface area contributed by atoms with Gasteiger partial charge >= 0.3 is 6.18 Å². The highest BCUT2D eigenvalue weighted by molar-refractivity contribution is 5.92. The van der Waals surface area contributed by atoms with Crippen molar-refractivity contribution in [3.05, 3.63) is 29.8 Å². The van der Waals surface area contributed by atoms with E-state index in [2.05, 4.69) is 5.32 Å². The molecule has 0 radical (unpaired) electrons. The lowest BCUT2D eigenvalue weighted by atomic mass is 10.3. The quantitative estimate of drug-likeness (QED) is 0.787. The summed E-state index contributed by atoms with van der Waals surface area (Å²) in [6, 6.07) is 2.26. The Morgan fingerprint density at radius 3 is 2.24 bits per heavy atom. The molecule has 0 atom stereocenters. The fraction of sp³-hybridized carbons (Fsp3) is 0.417. The Morgan fingerprint density at radius 1 is 1.19 bits per heavy atom. The van der Waals surface area contributed by atoms with E-state index in [1.54, 1.807) is 0 Å². The highest BCUT2D eigenvalue weighted by Gasteiger charge is 2.31. The van der Waals surface area contributed by atoms with E-state index in [-0.39, 0.29) is 12.2 Å². The van der Waals surface area contributed by atoms with Crippen LogP contribution in [-0.4, -0.2) is 48.3 Å². The van der Waals surface area contributed by atoms with Crippen LogP contribution in [0.15, 0.2) is 18.2 Å². The van der Waals surface area contributed by atoms with Crippen LogP contribution in [0.3, 0.4) is 0 Å². The van der Waals surface area contributed by atoms with E-state index < -0.39 is 43.4 Å². The van der Waals surface area contributed by atoms with Gasteiger partial charge in [-0.25, -0.2) is 8.78 Å². The van der Waals surface area contributed by atoms with Crippen molar-refractivity contribution in [3.63, 3.8) is 0 Å². The molecule has 0 saturated heterocycles. The van der Waals surface area contributed by atoms with Gasteiger partial charge in [0.15, 0.2) is 0 Å². The van der Waals surface area contributed by atoms with E-state index in [9.17, 15) is 26.7 Å². The average molecular weight is 312 g/mol. The van der Waals surface area contributed by atoms with Gasteiger partial charge in [-0.1, -0.05) is 0 Å². The van der Waals surface area contributed by atoms with Crippen LogP contribution in [0.25, 0.3) is 0 Å². The number of aliphatic hydroxyl groups excluding tert-OH is 1. The van der Waals surface area contributed by atoms with Crippen LogP contribution in [0.4, 0.5) is 27.6 Å². The summed E-state index contributed by atoms with van der Waals surface area (Å²) in [6.45, 7) is -2.96. The van der Waals surface area contributed by atoms with Gasteiger partial charge in [0.05, 0.1) is 19.7 Å². The smallest absolute Gasteiger partial charge is 0.395 e. The minimum atomic E-state index is -4.53. The van der Waals surface area contributed by atoms with Crippen molar-refractivity contribution in [3.8, 4) is 0 Å². The van der Waals surface area contributed by atoms with Crippen molar-refractivity contribution < 1.29 is 31.9 Å². The number of nitrogens with zero attached hydrogens (tertiary/aromatic N) is 1. The lowest BCUT2D eigenvalue weighted by Crippen LogP contribution is -2.41. The van der Waals surface area contributed by atoms with E-state index in [0.717, 1.165) is 12.1 Å². The molecule has 0 unspecified atom stereocenters. The summed E-state index contributed by atoms with van der Waals surface area (Å²) in [4.78, 5) is 12.2. The van der Waals surface area contributed by atoms with Crippen LogP contribution >= 0.6 is 0 Å². The minimum absolute atomic E-state index is 0.201. The zero-order valence-electron chi connectivity index (χ0n) is 10.8. The van der Waals surface area contributed by atoms with Crippen LogP contribution < -0.4 is 5.32 Å². The Morgan fingerprint density at radius 2 is 1.76 bits per heavy atom. The number of amides is 1. The van der Waals surface area contributed by atoms with Gasteiger partial charge in [-0.05, 0) is 12.1 Å². The molecule has 4 nitrogen and oxygen atoms in total. The predicted molar refractivity (Wildman–Crippen MR) is 64.6 cm³/mol. The molecule has 0 saturated carbocycles. The van der Waals surface area contributed by atoms with Gasteiger partial charge in [0.25, 0.3) is 0 Å². The number of nitrogens with one attached hydrogen (secondary N) is 1. The second kappa shape index (κ2) is 7.32. The molecular formula is C12H13F5N2O2. The predicted octanol–water partition coefficient (Wildman–Crippen LogP) is 1.76. The van der Waals surface area contributed by atoms with Crippen molar-refractivity contribution in [2.75, 3.05) is 31.6 Å².